The molecule has 0 aliphatic heterocycles. The number of anilines is 1. The smallest absolute Gasteiger partial charge is 0.251 e. The van der Waals surface area contributed by atoms with E-state index in [1.807, 2.05) is 25.1 Å². The van der Waals surface area contributed by atoms with Crippen LogP contribution in [0.5, 0.6) is 0 Å². The second-order valence-electron chi connectivity index (χ2n) is 5.03. The highest BCUT2D eigenvalue weighted by molar-refractivity contribution is 5.96. The van der Waals surface area contributed by atoms with Gasteiger partial charge in [0.2, 0.25) is 0 Å². The van der Waals surface area contributed by atoms with Crippen molar-refractivity contribution >= 4 is 11.6 Å². The quantitative estimate of drug-likeness (QED) is 0.584. The predicted octanol–water partition coefficient (Wildman–Crippen LogP) is 2.77. The molecule has 0 aromatic heterocycles. The Morgan fingerprint density at radius 1 is 1.10 bits per heavy atom. The Bertz CT molecular complexity index is 620. The first kappa shape index (κ1) is 15.1. The van der Waals surface area contributed by atoms with Crippen LogP contribution in [0.1, 0.15) is 34.0 Å². The van der Waals surface area contributed by atoms with Crippen LogP contribution in [0.25, 0.3) is 0 Å². The van der Waals surface area contributed by atoms with Crippen LogP contribution in [0, 0.1) is 6.92 Å². The molecule has 0 fully saturated rings. The molecule has 2 aromatic rings. The molecule has 0 aliphatic carbocycles. The lowest BCUT2D eigenvalue weighted by Gasteiger charge is -2.10. The summed E-state index contributed by atoms with van der Waals surface area (Å²) in [7, 11) is 0. The van der Waals surface area contributed by atoms with E-state index >= 15 is 0 Å². The van der Waals surface area contributed by atoms with E-state index < -0.39 is 0 Å². The zero-order valence-corrected chi connectivity index (χ0v) is 12.4. The summed E-state index contributed by atoms with van der Waals surface area (Å²) in [6.45, 7) is 4.55. The molecule has 21 heavy (non-hydrogen) atoms. The molecule has 0 atom stereocenters. The second kappa shape index (κ2) is 6.90. The third kappa shape index (κ3) is 3.83. The van der Waals surface area contributed by atoms with Gasteiger partial charge in [-0.2, -0.15) is 0 Å². The molecule has 1 amide bonds. The Morgan fingerprint density at radius 3 is 2.33 bits per heavy atom. The summed E-state index contributed by atoms with van der Waals surface area (Å²) < 4.78 is 0. The molecule has 4 nitrogen and oxygen atoms in total. The SMILES string of the molecule is CCc1ccc(CNC(=O)c2ccc(NN)cc2C)cc1. The van der Waals surface area contributed by atoms with E-state index in [1.54, 1.807) is 12.1 Å². The fourth-order valence-electron chi connectivity index (χ4n) is 2.18. The Balaban J connectivity index is 2.00. The minimum absolute atomic E-state index is 0.0735. The standard InChI is InChI=1S/C17H21N3O/c1-3-13-4-6-14(7-5-13)11-19-17(21)16-9-8-15(20-18)10-12(16)2/h4-10,20H,3,11,18H2,1-2H3,(H,19,21). The van der Waals surface area contributed by atoms with Crippen LogP contribution < -0.4 is 16.6 Å². The van der Waals surface area contributed by atoms with Crippen molar-refractivity contribution in [1.82, 2.24) is 5.32 Å². The Kier molecular flexibility index (Phi) is 4.95. The molecule has 2 aromatic carbocycles. The van der Waals surface area contributed by atoms with Crippen LogP contribution in [0.4, 0.5) is 5.69 Å². The van der Waals surface area contributed by atoms with Crippen molar-refractivity contribution in [1.29, 1.82) is 0 Å². The summed E-state index contributed by atoms with van der Waals surface area (Å²) in [4.78, 5) is 12.2. The number of benzene rings is 2. The second-order valence-corrected chi connectivity index (χ2v) is 5.03. The van der Waals surface area contributed by atoms with Crippen molar-refractivity contribution in [3.63, 3.8) is 0 Å². The van der Waals surface area contributed by atoms with Gasteiger partial charge in [-0.05, 0) is 48.2 Å². The summed E-state index contributed by atoms with van der Waals surface area (Å²) in [5, 5.41) is 2.94. The third-order valence-electron chi connectivity index (χ3n) is 3.52. The topological polar surface area (TPSA) is 67.2 Å². The van der Waals surface area contributed by atoms with Crippen molar-refractivity contribution in [2.75, 3.05) is 5.43 Å². The molecule has 0 heterocycles. The maximum atomic E-state index is 12.2. The molecule has 0 spiro atoms. The monoisotopic (exact) mass is 283 g/mol. The highest BCUT2D eigenvalue weighted by Gasteiger charge is 2.09. The normalized spacial score (nSPS) is 10.2. The number of carbonyl (C=O) groups excluding carboxylic acids is 1. The van der Waals surface area contributed by atoms with E-state index in [0.29, 0.717) is 12.1 Å². The molecule has 0 unspecified atom stereocenters. The van der Waals surface area contributed by atoms with Crippen molar-refractivity contribution in [3.05, 3.63) is 64.7 Å². The minimum atomic E-state index is -0.0735. The maximum absolute atomic E-state index is 12.2. The first-order valence-electron chi connectivity index (χ1n) is 7.07. The van der Waals surface area contributed by atoms with E-state index in [1.165, 1.54) is 5.56 Å². The van der Waals surface area contributed by atoms with Crippen LogP contribution in [0.2, 0.25) is 0 Å². The van der Waals surface area contributed by atoms with Crippen LogP contribution >= 0.6 is 0 Å². The average molecular weight is 283 g/mol. The maximum Gasteiger partial charge on any atom is 0.251 e. The number of amides is 1. The molecule has 2 rings (SSSR count). The van der Waals surface area contributed by atoms with E-state index in [-0.39, 0.29) is 5.91 Å². The number of hydrogen-bond donors (Lipinski definition) is 3. The molecular formula is C17H21N3O. The Labute approximate surface area is 125 Å². The van der Waals surface area contributed by atoms with Gasteiger partial charge in [-0.25, -0.2) is 0 Å². The molecule has 0 bridgehead atoms. The van der Waals surface area contributed by atoms with Crippen LogP contribution in [0.15, 0.2) is 42.5 Å². The number of nitrogens with one attached hydrogen (secondary N) is 2. The lowest BCUT2D eigenvalue weighted by atomic mass is 10.1. The first-order valence-corrected chi connectivity index (χ1v) is 7.07. The molecule has 0 saturated carbocycles. The van der Waals surface area contributed by atoms with Gasteiger partial charge in [0.25, 0.3) is 5.91 Å². The van der Waals surface area contributed by atoms with Crippen molar-refractivity contribution in [2.45, 2.75) is 26.8 Å². The lowest BCUT2D eigenvalue weighted by molar-refractivity contribution is 0.0950. The molecule has 0 radical (unpaired) electrons. The number of nitrogens with two attached hydrogens (primary N) is 1. The highest BCUT2D eigenvalue weighted by atomic mass is 16.1. The van der Waals surface area contributed by atoms with E-state index in [2.05, 4.69) is 29.8 Å². The summed E-state index contributed by atoms with van der Waals surface area (Å²) in [5.74, 6) is 5.28. The number of carbonyl (C=O) groups is 1. The summed E-state index contributed by atoms with van der Waals surface area (Å²) in [6, 6.07) is 13.7. The van der Waals surface area contributed by atoms with Crippen LogP contribution in [-0.2, 0) is 13.0 Å². The van der Waals surface area contributed by atoms with Gasteiger partial charge < -0.3 is 10.7 Å². The van der Waals surface area contributed by atoms with Crippen molar-refractivity contribution in [2.24, 2.45) is 5.84 Å². The number of hydrogen-bond acceptors (Lipinski definition) is 3. The summed E-state index contributed by atoms with van der Waals surface area (Å²) >= 11 is 0. The third-order valence-corrected chi connectivity index (χ3v) is 3.52. The molecular weight excluding hydrogens is 262 g/mol. The number of rotatable bonds is 5. The highest BCUT2D eigenvalue weighted by Crippen LogP contribution is 2.14. The number of aryl methyl sites for hydroxylation is 2. The molecule has 4 N–H and O–H groups in total. The molecule has 110 valence electrons. The van der Waals surface area contributed by atoms with E-state index in [9.17, 15) is 4.79 Å². The fraction of sp³-hybridized carbons (Fsp3) is 0.235. The van der Waals surface area contributed by atoms with Gasteiger partial charge in [0.1, 0.15) is 0 Å². The van der Waals surface area contributed by atoms with Gasteiger partial charge in [0, 0.05) is 17.8 Å². The summed E-state index contributed by atoms with van der Waals surface area (Å²) in [6.07, 6.45) is 1.02. The zero-order valence-electron chi connectivity index (χ0n) is 12.4. The van der Waals surface area contributed by atoms with Crippen LogP contribution in [0.3, 0.4) is 0 Å². The van der Waals surface area contributed by atoms with Crippen LogP contribution in [-0.4, -0.2) is 5.91 Å². The fourth-order valence-corrected chi connectivity index (χ4v) is 2.18. The van der Waals surface area contributed by atoms with Gasteiger partial charge in [-0.1, -0.05) is 31.2 Å². The molecule has 0 saturated heterocycles. The van der Waals surface area contributed by atoms with Gasteiger partial charge in [-0.3, -0.25) is 10.6 Å². The molecule has 4 heteroatoms. The zero-order chi connectivity index (χ0) is 15.2. The van der Waals surface area contributed by atoms with Gasteiger partial charge in [0.15, 0.2) is 0 Å². The van der Waals surface area contributed by atoms with Crippen molar-refractivity contribution < 1.29 is 4.79 Å². The largest absolute Gasteiger partial charge is 0.348 e. The Hall–Kier alpha value is -2.33. The summed E-state index contributed by atoms with van der Waals surface area (Å²) in [5.41, 5.74) is 7.31. The minimum Gasteiger partial charge on any atom is -0.348 e. The van der Waals surface area contributed by atoms with Gasteiger partial charge >= 0.3 is 0 Å². The van der Waals surface area contributed by atoms with Crippen molar-refractivity contribution in [3.8, 4) is 0 Å². The number of nitrogen functional groups attached to an aromatic ring is 1. The predicted molar refractivity (Wildman–Crippen MR) is 86.0 cm³/mol. The number of hydrazine groups is 1. The van der Waals surface area contributed by atoms with Gasteiger partial charge in [0.05, 0.1) is 0 Å². The van der Waals surface area contributed by atoms with E-state index in [0.717, 1.165) is 23.2 Å². The Morgan fingerprint density at radius 2 is 1.76 bits per heavy atom. The molecule has 0 aliphatic rings. The average Bonchev–Trinajstić information content (AvgIpc) is 2.52. The lowest BCUT2D eigenvalue weighted by Crippen LogP contribution is -2.23. The van der Waals surface area contributed by atoms with Gasteiger partial charge in [-0.15, -0.1) is 0 Å². The van der Waals surface area contributed by atoms with E-state index in [4.69, 9.17) is 5.84 Å². The first-order chi connectivity index (χ1) is 10.1.